The van der Waals surface area contributed by atoms with Gasteiger partial charge in [-0.3, -0.25) is 0 Å². The Bertz CT molecular complexity index is 377. The molecule has 1 heterocycles. The van der Waals surface area contributed by atoms with E-state index < -0.39 is 0 Å². The predicted octanol–water partition coefficient (Wildman–Crippen LogP) is 2.15. The largest absolute Gasteiger partial charge is 0.488 e. The Kier molecular flexibility index (Phi) is 4.27. The van der Waals surface area contributed by atoms with Crippen LogP contribution in [0.4, 0.5) is 0 Å². The summed E-state index contributed by atoms with van der Waals surface area (Å²) in [6, 6.07) is 5.44. The summed E-state index contributed by atoms with van der Waals surface area (Å²) in [5, 5.41) is 8.78. The number of hydrogen-bond acceptors (Lipinski definition) is 4. The fourth-order valence-electron chi connectivity index (χ4n) is 1.09. The van der Waals surface area contributed by atoms with Crippen molar-refractivity contribution in [3.63, 3.8) is 0 Å². The van der Waals surface area contributed by atoms with Crippen LogP contribution in [-0.2, 0) is 4.74 Å². The van der Waals surface area contributed by atoms with Crippen molar-refractivity contribution in [2.24, 2.45) is 0 Å². The van der Waals surface area contributed by atoms with Gasteiger partial charge in [-0.25, -0.2) is 4.98 Å². The van der Waals surface area contributed by atoms with Gasteiger partial charge in [0.2, 0.25) is 0 Å². The summed E-state index contributed by atoms with van der Waals surface area (Å²) in [6.45, 7) is 6.86. The van der Waals surface area contributed by atoms with Crippen LogP contribution in [-0.4, -0.2) is 23.8 Å². The molecule has 1 aromatic heterocycles. The highest BCUT2D eigenvalue weighted by atomic mass is 16.5. The minimum Gasteiger partial charge on any atom is -0.488 e. The van der Waals surface area contributed by atoms with Gasteiger partial charge in [0, 0.05) is 6.20 Å². The van der Waals surface area contributed by atoms with Gasteiger partial charge in [-0.1, -0.05) is 0 Å². The molecule has 0 aliphatic carbocycles. The maximum absolute atomic E-state index is 8.78. The van der Waals surface area contributed by atoms with Crippen LogP contribution in [0.15, 0.2) is 18.3 Å². The molecule has 0 radical (unpaired) electrons. The van der Waals surface area contributed by atoms with E-state index in [9.17, 15) is 0 Å². The SMILES string of the molecule is CC(C)(C)OCCOc1cccnc1C#N. The molecule has 0 amide bonds. The molecule has 0 fully saturated rings. The first-order valence-electron chi connectivity index (χ1n) is 5.15. The van der Waals surface area contributed by atoms with Gasteiger partial charge in [0.15, 0.2) is 11.4 Å². The Morgan fingerprint density at radius 1 is 1.38 bits per heavy atom. The topological polar surface area (TPSA) is 55.1 Å². The van der Waals surface area contributed by atoms with E-state index in [-0.39, 0.29) is 5.60 Å². The van der Waals surface area contributed by atoms with Crippen molar-refractivity contribution >= 4 is 0 Å². The van der Waals surface area contributed by atoms with Crippen LogP contribution in [0, 0.1) is 11.3 Å². The van der Waals surface area contributed by atoms with Crippen molar-refractivity contribution in [2.75, 3.05) is 13.2 Å². The number of ether oxygens (including phenoxy) is 2. The van der Waals surface area contributed by atoms with Crippen LogP contribution < -0.4 is 4.74 Å². The standard InChI is InChI=1S/C12H16N2O2/c1-12(2,3)16-8-7-15-11-5-4-6-14-10(11)9-13/h4-6H,7-8H2,1-3H3. The molecule has 0 bridgehead atoms. The first-order chi connectivity index (χ1) is 7.53. The molecule has 86 valence electrons. The van der Waals surface area contributed by atoms with E-state index in [0.29, 0.717) is 24.7 Å². The van der Waals surface area contributed by atoms with E-state index >= 15 is 0 Å². The van der Waals surface area contributed by atoms with Crippen LogP contribution in [0.1, 0.15) is 26.5 Å². The van der Waals surface area contributed by atoms with Crippen LogP contribution in [0.5, 0.6) is 5.75 Å². The minimum absolute atomic E-state index is 0.170. The molecule has 1 aromatic rings. The molecule has 4 heteroatoms. The second kappa shape index (κ2) is 5.47. The van der Waals surface area contributed by atoms with E-state index in [1.54, 1.807) is 18.3 Å². The third-order valence-corrected chi connectivity index (χ3v) is 1.75. The van der Waals surface area contributed by atoms with Gasteiger partial charge in [0.25, 0.3) is 0 Å². The molecule has 1 rings (SSSR count). The van der Waals surface area contributed by atoms with Gasteiger partial charge in [-0.05, 0) is 32.9 Å². The molecule has 0 N–H and O–H groups in total. The summed E-state index contributed by atoms with van der Waals surface area (Å²) in [5.41, 5.74) is 0.134. The summed E-state index contributed by atoms with van der Waals surface area (Å²) in [4.78, 5) is 3.90. The molecule has 0 atom stereocenters. The lowest BCUT2D eigenvalue weighted by atomic mass is 10.2. The molecule has 16 heavy (non-hydrogen) atoms. The number of hydrogen-bond donors (Lipinski definition) is 0. The fraction of sp³-hybridized carbons (Fsp3) is 0.500. The Balaban J connectivity index is 2.41. The summed E-state index contributed by atoms with van der Waals surface area (Å²) < 4.78 is 10.9. The first kappa shape index (κ1) is 12.5. The number of rotatable bonds is 4. The van der Waals surface area contributed by atoms with Crippen LogP contribution in [0.25, 0.3) is 0 Å². The van der Waals surface area contributed by atoms with E-state index in [2.05, 4.69) is 4.98 Å². The summed E-state index contributed by atoms with van der Waals surface area (Å²) >= 11 is 0. The van der Waals surface area contributed by atoms with Gasteiger partial charge < -0.3 is 9.47 Å². The zero-order valence-corrected chi connectivity index (χ0v) is 9.86. The average Bonchev–Trinajstić information content (AvgIpc) is 2.23. The highest BCUT2D eigenvalue weighted by Crippen LogP contribution is 2.14. The smallest absolute Gasteiger partial charge is 0.182 e. The molecule has 0 aliphatic heterocycles. The van der Waals surface area contributed by atoms with Gasteiger partial charge in [-0.15, -0.1) is 0 Å². The summed E-state index contributed by atoms with van der Waals surface area (Å²) in [5.74, 6) is 0.502. The quantitative estimate of drug-likeness (QED) is 0.729. The molecule has 0 aromatic carbocycles. The van der Waals surface area contributed by atoms with Crippen molar-refractivity contribution in [3.8, 4) is 11.8 Å². The Morgan fingerprint density at radius 3 is 2.75 bits per heavy atom. The average molecular weight is 220 g/mol. The first-order valence-corrected chi connectivity index (χ1v) is 5.15. The van der Waals surface area contributed by atoms with Crippen LogP contribution in [0.3, 0.4) is 0 Å². The van der Waals surface area contributed by atoms with Crippen molar-refractivity contribution in [2.45, 2.75) is 26.4 Å². The van der Waals surface area contributed by atoms with Crippen molar-refractivity contribution in [1.82, 2.24) is 4.98 Å². The number of nitrogens with zero attached hydrogens (tertiary/aromatic N) is 2. The Morgan fingerprint density at radius 2 is 2.12 bits per heavy atom. The Hall–Kier alpha value is -1.60. The second-order valence-electron chi connectivity index (χ2n) is 4.27. The van der Waals surface area contributed by atoms with Gasteiger partial charge in [0.05, 0.1) is 12.2 Å². The molecular formula is C12H16N2O2. The van der Waals surface area contributed by atoms with E-state index in [0.717, 1.165) is 0 Å². The molecule has 0 spiro atoms. The zero-order chi connectivity index (χ0) is 12.0. The molecule has 4 nitrogen and oxygen atoms in total. The molecule has 0 unspecified atom stereocenters. The van der Waals surface area contributed by atoms with Crippen molar-refractivity contribution < 1.29 is 9.47 Å². The van der Waals surface area contributed by atoms with Gasteiger partial charge in [0.1, 0.15) is 12.7 Å². The van der Waals surface area contributed by atoms with E-state index in [1.807, 2.05) is 26.8 Å². The predicted molar refractivity (Wildman–Crippen MR) is 60.2 cm³/mol. The van der Waals surface area contributed by atoms with Crippen LogP contribution >= 0.6 is 0 Å². The third-order valence-electron chi connectivity index (χ3n) is 1.75. The van der Waals surface area contributed by atoms with Crippen molar-refractivity contribution in [1.29, 1.82) is 5.26 Å². The van der Waals surface area contributed by atoms with Crippen molar-refractivity contribution in [3.05, 3.63) is 24.0 Å². The molecular weight excluding hydrogens is 204 g/mol. The highest BCUT2D eigenvalue weighted by molar-refractivity contribution is 5.36. The summed E-state index contributed by atoms with van der Waals surface area (Å²) in [6.07, 6.45) is 1.57. The fourth-order valence-corrected chi connectivity index (χ4v) is 1.09. The lowest BCUT2D eigenvalue weighted by Crippen LogP contribution is -2.22. The molecule has 0 saturated heterocycles. The second-order valence-corrected chi connectivity index (χ2v) is 4.27. The number of aromatic nitrogens is 1. The minimum atomic E-state index is -0.170. The summed E-state index contributed by atoms with van der Waals surface area (Å²) in [7, 11) is 0. The number of nitriles is 1. The lowest BCUT2D eigenvalue weighted by Gasteiger charge is -2.19. The van der Waals surface area contributed by atoms with E-state index in [4.69, 9.17) is 14.7 Å². The molecule has 0 saturated carbocycles. The van der Waals surface area contributed by atoms with Gasteiger partial charge in [-0.2, -0.15) is 5.26 Å². The van der Waals surface area contributed by atoms with Crippen LogP contribution in [0.2, 0.25) is 0 Å². The number of pyridine rings is 1. The Labute approximate surface area is 95.8 Å². The third kappa shape index (κ3) is 4.28. The zero-order valence-electron chi connectivity index (χ0n) is 9.86. The maximum atomic E-state index is 8.78. The maximum Gasteiger partial charge on any atom is 0.182 e. The van der Waals surface area contributed by atoms with Gasteiger partial charge >= 0.3 is 0 Å². The van der Waals surface area contributed by atoms with E-state index in [1.165, 1.54) is 0 Å². The highest BCUT2D eigenvalue weighted by Gasteiger charge is 2.09. The monoisotopic (exact) mass is 220 g/mol. The lowest BCUT2D eigenvalue weighted by molar-refractivity contribution is -0.0163. The molecule has 0 aliphatic rings. The normalized spacial score (nSPS) is 10.9.